The van der Waals surface area contributed by atoms with E-state index in [9.17, 15) is 36.2 Å². The lowest BCUT2D eigenvalue weighted by Crippen LogP contribution is -2.50. The fourth-order valence-corrected chi connectivity index (χ4v) is 3.41. The number of alkyl halides is 6. The highest BCUT2D eigenvalue weighted by Gasteiger charge is 2.37. The quantitative estimate of drug-likeness (QED) is 0.554. The van der Waals surface area contributed by atoms with Crippen molar-refractivity contribution in [3.05, 3.63) is 34.9 Å². The number of piperidine rings is 1. The number of carbonyl (C=O) groups is 1. The molecule has 5 nitrogen and oxygen atoms in total. The second kappa shape index (κ2) is 9.96. The first-order valence-electron chi connectivity index (χ1n) is 10.3. The molecule has 0 saturated carbocycles. The second-order valence-corrected chi connectivity index (χ2v) is 9.10. The third-order valence-corrected chi connectivity index (χ3v) is 5.29. The Hall–Kier alpha value is -1.85. The average molecular weight is 469 g/mol. The van der Waals surface area contributed by atoms with Crippen LogP contribution in [-0.2, 0) is 12.4 Å². The van der Waals surface area contributed by atoms with Crippen LogP contribution in [0, 0.1) is 5.92 Å². The molecule has 1 unspecified atom stereocenters. The Kier molecular flexibility index (Phi) is 8.22. The molecule has 1 heterocycles. The van der Waals surface area contributed by atoms with Gasteiger partial charge >= 0.3 is 12.4 Å². The van der Waals surface area contributed by atoms with Crippen LogP contribution in [0.5, 0.6) is 0 Å². The Morgan fingerprint density at radius 2 is 1.53 bits per heavy atom. The standard InChI is InChI=1S/C21H29F6N3O2/c1-19(2,3)29-12-17(31)30-6-4-13(5-7-30)11-28-18(32)14-8-15(20(22,23)24)10-16(9-14)21(25,26)27/h8-10,13,17,29,31H,4-7,11-12H2,1-3H3,(H,28,32). The molecule has 0 bridgehead atoms. The van der Waals surface area contributed by atoms with Gasteiger partial charge in [0.25, 0.3) is 5.91 Å². The third-order valence-electron chi connectivity index (χ3n) is 5.29. The van der Waals surface area contributed by atoms with E-state index in [0.717, 1.165) is 0 Å². The van der Waals surface area contributed by atoms with Crippen LogP contribution in [0.15, 0.2) is 18.2 Å². The van der Waals surface area contributed by atoms with E-state index < -0.39 is 41.2 Å². The van der Waals surface area contributed by atoms with Crippen molar-refractivity contribution in [2.45, 2.75) is 57.7 Å². The van der Waals surface area contributed by atoms with E-state index in [4.69, 9.17) is 0 Å². The van der Waals surface area contributed by atoms with Crippen molar-refractivity contribution >= 4 is 5.91 Å². The van der Waals surface area contributed by atoms with Gasteiger partial charge in [-0.15, -0.1) is 0 Å². The Bertz CT molecular complexity index is 749. The summed E-state index contributed by atoms with van der Waals surface area (Å²) in [6.07, 6.45) is -9.43. The number of nitrogens with one attached hydrogen (secondary N) is 2. The van der Waals surface area contributed by atoms with Gasteiger partial charge in [-0.1, -0.05) is 0 Å². The summed E-state index contributed by atoms with van der Waals surface area (Å²) in [5, 5.41) is 15.9. The van der Waals surface area contributed by atoms with E-state index in [-0.39, 0.29) is 24.1 Å². The number of rotatable bonds is 6. The molecule has 1 aromatic carbocycles. The fourth-order valence-electron chi connectivity index (χ4n) is 3.41. The summed E-state index contributed by atoms with van der Waals surface area (Å²) in [5.41, 5.74) is -3.88. The zero-order chi connectivity index (χ0) is 24.3. The maximum Gasteiger partial charge on any atom is 0.416 e. The van der Waals surface area contributed by atoms with Crippen LogP contribution in [0.3, 0.4) is 0 Å². The molecule has 1 amide bonds. The average Bonchev–Trinajstić information content (AvgIpc) is 2.68. The minimum Gasteiger partial charge on any atom is -0.377 e. The van der Waals surface area contributed by atoms with Gasteiger partial charge in [-0.05, 0) is 57.7 Å². The molecule has 0 aliphatic carbocycles. The predicted molar refractivity (Wildman–Crippen MR) is 107 cm³/mol. The number of likely N-dealkylation sites (tertiary alicyclic amines) is 1. The summed E-state index contributed by atoms with van der Waals surface area (Å²) in [6.45, 7) is 7.59. The largest absolute Gasteiger partial charge is 0.416 e. The van der Waals surface area contributed by atoms with Gasteiger partial charge in [0.2, 0.25) is 0 Å². The molecule has 11 heteroatoms. The smallest absolute Gasteiger partial charge is 0.377 e. The summed E-state index contributed by atoms with van der Waals surface area (Å²) < 4.78 is 77.8. The summed E-state index contributed by atoms with van der Waals surface area (Å²) in [7, 11) is 0. The van der Waals surface area contributed by atoms with Crippen molar-refractivity contribution < 1.29 is 36.2 Å². The number of carbonyl (C=O) groups excluding carboxylic acids is 1. The van der Waals surface area contributed by atoms with Gasteiger partial charge in [0.15, 0.2) is 0 Å². The van der Waals surface area contributed by atoms with Gasteiger partial charge in [-0.25, -0.2) is 0 Å². The Balaban J connectivity index is 1.93. The Morgan fingerprint density at radius 1 is 1.03 bits per heavy atom. The van der Waals surface area contributed by atoms with Crippen molar-refractivity contribution in [2.24, 2.45) is 5.92 Å². The molecule has 1 aliphatic rings. The molecule has 1 atom stereocenters. The summed E-state index contributed by atoms with van der Waals surface area (Å²) in [4.78, 5) is 14.2. The van der Waals surface area contributed by atoms with Crippen molar-refractivity contribution in [3.63, 3.8) is 0 Å². The van der Waals surface area contributed by atoms with Gasteiger partial charge in [-0.2, -0.15) is 26.3 Å². The minimum absolute atomic E-state index is 0.00543. The molecule has 0 aromatic heterocycles. The topological polar surface area (TPSA) is 64.6 Å². The molecular weight excluding hydrogens is 440 g/mol. The zero-order valence-corrected chi connectivity index (χ0v) is 18.2. The fraction of sp³-hybridized carbons (Fsp3) is 0.667. The normalized spacial score (nSPS) is 17.9. The van der Waals surface area contributed by atoms with Crippen LogP contribution in [-0.4, -0.2) is 53.9 Å². The minimum atomic E-state index is -5.01. The molecule has 1 fully saturated rings. The maximum atomic E-state index is 13.0. The van der Waals surface area contributed by atoms with E-state index in [1.54, 1.807) is 0 Å². The van der Waals surface area contributed by atoms with E-state index in [2.05, 4.69) is 10.6 Å². The van der Waals surface area contributed by atoms with E-state index in [0.29, 0.717) is 44.6 Å². The van der Waals surface area contributed by atoms with E-state index >= 15 is 0 Å². The first-order valence-corrected chi connectivity index (χ1v) is 10.3. The molecule has 1 aromatic rings. The Morgan fingerprint density at radius 3 is 1.97 bits per heavy atom. The number of nitrogens with zero attached hydrogens (tertiary/aromatic N) is 1. The highest BCUT2D eigenvalue weighted by atomic mass is 19.4. The van der Waals surface area contributed by atoms with Crippen LogP contribution in [0.25, 0.3) is 0 Å². The molecule has 2 rings (SSSR count). The van der Waals surface area contributed by atoms with Gasteiger partial charge in [0.05, 0.1) is 11.1 Å². The van der Waals surface area contributed by atoms with Crippen LogP contribution in [0.4, 0.5) is 26.3 Å². The number of benzene rings is 1. The highest BCUT2D eigenvalue weighted by molar-refractivity contribution is 5.94. The predicted octanol–water partition coefficient (Wildman–Crippen LogP) is 3.87. The first kappa shape index (κ1) is 26.4. The molecule has 0 spiro atoms. The van der Waals surface area contributed by atoms with Crippen LogP contribution in [0.1, 0.15) is 55.1 Å². The molecule has 182 valence electrons. The second-order valence-electron chi connectivity index (χ2n) is 9.10. The van der Waals surface area contributed by atoms with Crippen molar-refractivity contribution in [1.82, 2.24) is 15.5 Å². The lowest BCUT2D eigenvalue weighted by molar-refractivity contribution is -0.143. The van der Waals surface area contributed by atoms with Gasteiger partial charge in [0.1, 0.15) is 6.23 Å². The highest BCUT2D eigenvalue weighted by Crippen LogP contribution is 2.36. The summed E-state index contributed by atoms with van der Waals surface area (Å²) in [6, 6.07) is 0.837. The van der Waals surface area contributed by atoms with Gasteiger partial charge in [-0.3, -0.25) is 9.69 Å². The first-order chi connectivity index (χ1) is 14.6. The molecule has 1 aliphatic heterocycles. The summed E-state index contributed by atoms with van der Waals surface area (Å²) >= 11 is 0. The molecule has 1 saturated heterocycles. The number of halogens is 6. The number of amides is 1. The monoisotopic (exact) mass is 469 g/mol. The molecule has 0 radical (unpaired) electrons. The molecule has 32 heavy (non-hydrogen) atoms. The van der Waals surface area contributed by atoms with Crippen molar-refractivity contribution in [1.29, 1.82) is 0 Å². The van der Waals surface area contributed by atoms with Gasteiger partial charge in [0, 0.05) is 37.3 Å². The Labute approximate surface area is 183 Å². The van der Waals surface area contributed by atoms with Crippen LogP contribution in [0.2, 0.25) is 0 Å². The summed E-state index contributed by atoms with van der Waals surface area (Å²) in [5.74, 6) is -0.982. The SMILES string of the molecule is CC(C)(C)NCC(O)N1CCC(CNC(=O)c2cc(C(F)(F)F)cc(C(F)(F)F)c2)CC1. The van der Waals surface area contributed by atoms with Gasteiger partial charge < -0.3 is 15.7 Å². The van der Waals surface area contributed by atoms with Crippen LogP contribution < -0.4 is 10.6 Å². The molecule has 3 N–H and O–H groups in total. The van der Waals surface area contributed by atoms with Crippen LogP contribution >= 0.6 is 0 Å². The van der Waals surface area contributed by atoms with E-state index in [1.165, 1.54) is 0 Å². The number of aliphatic hydroxyl groups excluding tert-OH is 1. The molecular formula is C21H29F6N3O2. The zero-order valence-electron chi connectivity index (χ0n) is 18.2. The number of aliphatic hydroxyl groups is 1. The number of hydrogen-bond acceptors (Lipinski definition) is 4. The lowest BCUT2D eigenvalue weighted by atomic mass is 9.96. The third kappa shape index (κ3) is 7.93. The lowest BCUT2D eigenvalue weighted by Gasteiger charge is -2.36. The van der Waals surface area contributed by atoms with Crippen molar-refractivity contribution in [3.8, 4) is 0 Å². The van der Waals surface area contributed by atoms with E-state index in [1.807, 2.05) is 25.7 Å². The maximum absolute atomic E-state index is 13.0. The number of hydrogen-bond donors (Lipinski definition) is 3. The van der Waals surface area contributed by atoms with Crippen molar-refractivity contribution in [2.75, 3.05) is 26.2 Å². The number of β-amino-alcohol motifs (C(OH)–C–C–N with tert-alkyl or cyclic N) is 1.